The van der Waals surface area contributed by atoms with Crippen LogP contribution in [0.4, 0.5) is 11.4 Å². The van der Waals surface area contributed by atoms with Crippen molar-refractivity contribution in [1.82, 2.24) is 4.98 Å². The topological polar surface area (TPSA) is 31.1 Å². The summed E-state index contributed by atoms with van der Waals surface area (Å²) in [7, 11) is 4.13. The molecule has 0 radical (unpaired) electrons. The van der Waals surface area contributed by atoms with Gasteiger partial charge in [0.15, 0.2) is 0 Å². The van der Waals surface area contributed by atoms with E-state index in [1.165, 1.54) is 33.4 Å². The van der Waals surface area contributed by atoms with E-state index in [2.05, 4.69) is 78.7 Å². The summed E-state index contributed by atoms with van der Waals surface area (Å²) >= 11 is 0. The summed E-state index contributed by atoms with van der Waals surface area (Å²) < 4.78 is 0. The van der Waals surface area contributed by atoms with Gasteiger partial charge < -0.3 is 15.2 Å². The van der Waals surface area contributed by atoms with Gasteiger partial charge in [-0.05, 0) is 53.8 Å². The zero-order valence-corrected chi connectivity index (χ0v) is 12.8. The minimum atomic E-state index is 0.830. The number of hydrogen-bond acceptors (Lipinski definition) is 2. The molecule has 21 heavy (non-hydrogen) atoms. The monoisotopic (exact) mass is 279 g/mol. The molecular weight excluding hydrogens is 258 g/mol. The Morgan fingerprint density at radius 2 is 1.90 bits per heavy atom. The van der Waals surface area contributed by atoms with E-state index >= 15 is 0 Å². The molecule has 0 atom stereocenters. The maximum Gasteiger partial charge on any atom is 0.0457 e. The maximum absolute atomic E-state index is 3.52. The maximum atomic E-state index is 3.52. The smallest absolute Gasteiger partial charge is 0.0457 e. The van der Waals surface area contributed by atoms with Crippen LogP contribution < -0.4 is 10.2 Å². The van der Waals surface area contributed by atoms with Crippen molar-refractivity contribution in [1.29, 1.82) is 0 Å². The van der Waals surface area contributed by atoms with Gasteiger partial charge in [0.2, 0.25) is 0 Å². The molecule has 0 aliphatic heterocycles. The Hall–Kier alpha value is -2.42. The largest absolute Gasteiger partial charge is 0.381 e. The summed E-state index contributed by atoms with van der Waals surface area (Å²) in [6.07, 6.45) is 1.98. The van der Waals surface area contributed by atoms with Crippen LogP contribution in [-0.2, 0) is 6.54 Å². The molecular formula is C18H21N3. The van der Waals surface area contributed by atoms with Gasteiger partial charge in [-0.2, -0.15) is 0 Å². The normalized spacial score (nSPS) is 10.8. The standard InChI is InChI=1S/C18H21N3/c1-13-10-16(21(2)3)6-7-17(13)20-12-14-4-5-15-8-9-19-18(15)11-14/h4-11,19-20H,12H2,1-3H3. The predicted octanol–water partition coefficient (Wildman–Crippen LogP) is 4.15. The van der Waals surface area contributed by atoms with Gasteiger partial charge in [0.25, 0.3) is 0 Å². The van der Waals surface area contributed by atoms with Crippen LogP contribution in [0.15, 0.2) is 48.7 Å². The lowest BCUT2D eigenvalue weighted by molar-refractivity contribution is 1.11. The highest BCUT2D eigenvalue weighted by molar-refractivity contribution is 5.79. The molecule has 0 aliphatic rings. The third kappa shape index (κ3) is 2.87. The second kappa shape index (κ2) is 5.52. The first-order valence-electron chi connectivity index (χ1n) is 7.21. The Morgan fingerprint density at radius 1 is 1.05 bits per heavy atom. The van der Waals surface area contributed by atoms with Crippen LogP contribution in [0.5, 0.6) is 0 Å². The third-order valence-electron chi connectivity index (χ3n) is 3.83. The number of benzene rings is 2. The molecule has 0 bridgehead atoms. The van der Waals surface area contributed by atoms with Crippen LogP contribution in [0.25, 0.3) is 10.9 Å². The fourth-order valence-electron chi connectivity index (χ4n) is 2.53. The number of nitrogens with one attached hydrogen (secondary N) is 2. The number of H-pyrrole nitrogens is 1. The fourth-order valence-corrected chi connectivity index (χ4v) is 2.53. The van der Waals surface area contributed by atoms with Crippen molar-refractivity contribution < 1.29 is 0 Å². The lowest BCUT2D eigenvalue weighted by atomic mass is 10.1. The van der Waals surface area contributed by atoms with Gasteiger partial charge in [0, 0.05) is 43.7 Å². The molecule has 1 heterocycles. The van der Waals surface area contributed by atoms with E-state index in [9.17, 15) is 0 Å². The number of nitrogens with zero attached hydrogens (tertiary/aromatic N) is 1. The van der Waals surface area contributed by atoms with Gasteiger partial charge in [0.1, 0.15) is 0 Å². The Balaban J connectivity index is 1.74. The van der Waals surface area contributed by atoms with E-state index in [0.717, 1.165) is 6.54 Å². The molecule has 108 valence electrons. The zero-order valence-electron chi connectivity index (χ0n) is 12.8. The Kier molecular flexibility index (Phi) is 3.57. The first kappa shape index (κ1) is 13.6. The van der Waals surface area contributed by atoms with Crippen molar-refractivity contribution in [3.63, 3.8) is 0 Å². The number of hydrogen-bond donors (Lipinski definition) is 2. The fraction of sp³-hybridized carbons (Fsp3) is 0.222. The molecule has 0 aliphatic carbocycles. The van der Waals surface area contributed by atoms with Gasteiger partial charge in [0.05, 0.1) is 0 Å². The number of aryl methyl sites for hydroxylation is 1. The highest BCUT2D eigenvalue weighted by Crippen LogP contribution is 2.22. The molecule has 3 heteroatoms. The average Bonchev–Trinajstić information content (AvgIpc) is 2.93. The van der Waals surface area contributed by atoms with Crippen LogP contribution in [0.3, 0.4) is 0 Å². The third-order valence-corrected chi connectivity index (χ3v) is 3.83. The second-order valence-electron chi connectivity index (χ2n) is 5.65. The number of rotatable bonds is 4. The van der Waals surface area contributed by atoms with Crippen molar-refractivity contribution in [2.75, 3.05) is 24.3 Å². The molecule has 0 unspecified atom stereocenters. The zero-order chi connectivity index (χ0) is 14.8. The minimum Gasteiger partial charge on any atom is -0.381 e. The molecule has 3 aromatic rings. The van der Waals surface area contributed by atoms with E-state index < -0.39 is 0 Å². The second-order valence-corrected chi connectivity index (χ2v) is 5.65. The molecule has 0 amide bonds. The lowest BCUT2D eigenvalue weighted by Gasteiger charge is -2.16. The quantitative estimate of drug-likeness (QED) is 0.751. The highest BCUT2D eigenvalue weighted by atomic mass is 15.1. The first-order valence-corrected chi connectivity index (χ1v) is 7.21. The van der Waals surface area contributed by atoms with Crippen molar-refractivity contribution in [2.24, 2.45) is 0 Å². The van der Waals surface area contributed by atoms with Crippen LogP contribution >= 0.6 is 0 Å². The molecule has 0 spiro atoms. The molecule has 3 nitrogen and oxygen atoms in total. The minimum absolute atomic E-state index is 0.830. The number of anilines is 2. The van der Waals surface area contributed by atoms with Gasteiger partial charge >= 0.3 is 0 Å². The summed E-state index contributed by atoms with van der Waals surface area (Å²) in [5.74, 6) is 0. The number of fused-ring (bicyclic) bond motifs is 1. The molecule has 0 saturated heterocycles. The Morgan fingerprint density at radius 3 is 2.67 bits per heavy atom. The van der Waals surface area contributed by atoms with E-state index in [1.807, 2.05) is 6.20 Å². The molecule has 0 saturated carbocycles. The first-order chi connectivity index (χ1) is 10.1. The van der Waals surface area contributed by atoms with Gasteiger partial charge in [-0.1, -0.05) is 12.1 Å². The summed E-state index contributed by atoms with van der Waals surface area (Å²) in [4.78, 5) is 5.38. The molecule has 2 aromatic carbocycles. The average molecular weight is 279 g/mol. The van der Waals surface area contributed by atoms with Gasteiger partial charge in [-0.3, -0.25) is 0 Å². The van der Waals surface area contributed by atoms with Gasteiger partial charge in [-0.15, -0.1) is 0 Å². The molecule has 1 aromatic heterocycles. The molecule has 2 N–H and O–H groups in total. The van der Waals surface area contributed by atoms with Crippen LogP contribution in [0.2, 0.25) is 0 Å². The highest BCUT2D eigenvalue weighted by Gasteiger charge is 2.02. The summed E-state index contributed by atoms with van der Waals surface area (Å²) in [6.45, 7) is 2.97. The summed E-state index contributed by atoms with van der Waals surface area (Å²) in [6, 6.07) is 15.1. The molecule has 0 fully saturated rings. The van der Waals surface area contributed by atoms with Crippen molar-refractivity contribution in [2.45, 2.75) is 13.5 Å². The van der Waals surface area contributed by atoms with E-state index in [0.29, 0.717) is 0 Å². The van der Waals surface area contributed by atoms with Crippen LogP contribution in [0, 0.1) is 6.92 Å². The van der Waals surface area contributed by atoms with Crippen molar-refractivity contribution >= 4 is 22.3 Å². The molecule has 3 rings (SSSR count). The predicted molar refractivity (Wildman–Crippen MR) is 91.1 cm³/mol. The van der Waals surface area contributed by atoms with Crippen molar-refractivity contribution in [3.05, 3.63) is 59.8 Å². The van der Waals surface area contributed by atoms with E-state index in [-0.39, 0.29) is 0 Å². The Labute approximate surface area is 125 Å². The summed E-state index contributed by atoms with van der Waals surface area (Å²) in [5.41, 5.74) is 6.15. The van der Waals surface area contributed by atoms with E-state index in [4.69, 9.17) is 0 Å². The van der Waals surface area contributed by atoms with Crippen molar-refractivity contribution in [3.8, 4) is 0 Å². The van der Waals surface area contributed by atoms with Crippen LogP contribution in [-0.4, -0.2) is 19.1 Å². The van der Waals surface area contributed by atoms with Gasteiger partial charge in [-0.25, -0.2) is 0 Å². The number of aromatic nitrogens is 1. The number of aromatic amines is 1. The SMILES string of the molecule is Cc1cc(N(C)C)ccc1NCc1ccc2cc[nH]c2c1. The van der Waals surface area contributed by atoms with E-state index in [1.54, 1.807) is 0 Å². The summed E-state index contributed by atoms with van der Waals surface area (Å²) in [5, 5.41) is 4.77. The Bertz CT molecular complexity index is 756. The lowest BCUT2D eigenvalue weighted by Crippen LogP contribution is -2.09. The van der Waals surface area contributed by atoms with Crippen LogP contribution in [0.1, 0.15) is 11.1 Å².